The topological polar surface area (TPSA) is 65.0 Å². The second-order valence-electron chi connectivity index (χ2n) is 5.24. The predicted molar refractivity (Wildman–Crippen MR) is 77.6 cm³/mol. The van der Waals surface area contributed by atoms with Crippen molar-refractivity contribution in [2.45, 2.75) is 51.1 Å². The summed E-state index contributed by atoms with van der Waals surface area (Å²) in [6.45, 7) is 4.14. The summed E-state index contributed by atoms with van der Waals surface area (Å²) < 4.78 is 4.75. The van der Waals surface area contributed by atoms with E-state index < -0.39 is 0 Å². The third-order valence-corrected chi connectivity index (χ3v) is 4.89. The van der Waals surface area contributed by atoms with Gasteiger partial charge in [-0.3, -0.25) is 4.79 Å². The summed E-state index contributed by atoms with van der Waals surface area (Å²) in [4.78, 5) is 16.0. The molecule has 0 saturated heterocycles. The van der Waals surface area contributed by atoms with E-state index in [0.29, 0.717) is 6.42 Å². The molecule has 110 valence electrons. The van der Waals surface area contributed by atoms with Crippen LogP contribution in [0.5, 0.6) is 0 Å². The molecule has 0 bridgehead atoms. The first-order valence-corrected chi connectivity index (χ1v) is 8.03. The first-order chi connectivity index (χ1) is 9.62. The fraction of sp³-hybridized carbons (Fsp3) is 0.714. The SMILES string of the molecule is CCc1nnc(SCC2(CC(=O)OC)CC2)nc1CC. The molecule has 0 amide bonds. The van der Waals surface area contributed by atoms with Crippen molar-refractivity contribution in [2.24, 2.45) is 5.41 Å². The summed E-state index contributed by atoms with van der Waals surface area (Å²) >= 11 is 1.60. The Bertz CT molecular complexity index is 489. The highest BCUT2D eigenvalue weighted by atomic mass is 32.2. The molecule has 1 aromatic rings. The summed E-state index contributed by atoms with van der Waals surface area (Å²) in [6, 6.07) is 0. The average molecular weight is 295 g/mol. The van der Waals surface area contributed by atoms with E-state index in [4.69, 9.17) is 4.74 Å². The van der Waals surface area contributed by atoms with Gasteiger partial charge in [-0.15, -0.1) is 5.10 Å². The Hall–Kier alpha value is -1.17. The molecule has 0 spiro atoms. The van der Waals surface area contributed by atoms with Crippen molar-refractivity contribution >= 4 is 17.7 Å². The summed E-state index contributed by atoms with van der Waals surface area (Å²) in [5.74, 6) is 0.732. The van der Waals surface area contributed by atoms with Crippen LogP contribution in [0.1, 0.15) is 44.5 Å². The molecule has 1 aromatic heterocycles. The van der Waals surface area contributed by atoms with Crippen molar-refractivity contribution in [2.75, 3.05) is 12.9 Å². The number of methoxy groups -OCH3 is 1. The molecule has 0 unspecified atom stereocenters. The number of aromatic nitrogens is 3. The Balaban J connectivity index is 1.96. The number of nitrogens with zero attached hydrogens (tertiary/aromatic N) is 3. The normalized spacial score (nSPS) is 15.9. The first-order valence-electron chi connectivity index (χ1n) is 7.04. The fourth-order valence-electron chi connectivity index (χ4n) is 2.13. The number of rotatable bonds is 7. The molecule has 0 atom stereocenters. The van der Waals surface area contributed by atoms with Gasteiger partial charge in [0, 0.05) is 5.75 Å². The summed E-state index contributed by atoms with van der Waals surface area (Å²) in [7, 11) is 1.44. The molecular formula is C14H21N3O2S. The van der Waals surface area contributed by atoms with Gasteiger partial charge in [0.25, 0.3) is 0 Å². The van der Waals surface area contributed by atoms with Gasteiger partial charge in [-0.2, -0.15) is 5.10 Å². The molecule has 0 N–H and O–H groups in total. The molecule has 1 aliphatic rings. The maximum absolute atomic E-state index is 11.4. The van der Waals surface area contributed by atoms with Gasteiger partial charge in [-0.25, -0.2) is 4.98 Å². The number of ether oxygens (including phenoxy) is 1. The fourth-order valence-corrected chi connectivity index (χ4v) is 3.23. The van der Waals surface area contributed by atoms with Crippen molar-refractivity contribution in [1.29, 1.82) is 0 Å². The minimum absolute atomic E-state index is 0.0942. The molecule has 6 heteroatoms. The van der Waals surface area contributed by atoms with Gasteiger partial charge < -0.3 is 4.74 Å². The van der Waals surface area contributed by atoms with Crippen LogP contribution in [0.25, 0.3) is 0 Å². The van der Waals surface area contributed by atoms with E-state index in [-0.39, 0.29) is 11.4 Å². The molecule has 1 aliphatic carbocycles. The van der Waals surface area contributed by atoms with Gasteiger partial charge >= 0.3 is 5.97 Å². The van der Waals surface area contributed by atoms with Gasteiger partial charge in [0.1, 0.15) is 0 Å². The molecule has 0 radical (unpaired) electrons. The van der Waals surface area contributed by atoms with Crippen molar-refractivity contribution in [3.05, 3.63) is 11.4 Å². The minimum Gasteiger partial charge on any atom is -0.469 e. The van der Waals surface area contributed by atoms with E-state index >= 15 is 0 Å². The van der Waals surface area contributed by atoms with Crippen LogP contribution >= 0.6 is 11.8 Å². The Morgan fingerprint density at radius 2 is 1.95 bits per heavy atom. The van der Waals surface area contributed by atoms with Gasteiger partial charge in [0.15, 0.2) is 0 Å². The number of carbonyl (C=O) groups is 1. The third-order valence-electron chi connectivity index (χ3n) is 3.70. The van der Waals surface area contributed by atoms with E-state index in [2.05, 4.69) is 29.0 Å². The molecule has 20 heavy (non-hydrogen) atoms. The molecule has 1 saturated carbocycles. The zero-order valence-corrected chi connectivity index (χ0v) is 13.1. The van der Waals surface area contributed by atoms with Gasteiger partial charge in [-0.05, 0) is 31.1 Å². The number of hydrogen-bond donors (Lipinski definition) is 0. The highest BCUT2D eigenvalue weighted by Crippen LogP contribution is 2.51. The van der Waals surface area contributed by atoms with Crippen LogP contribution < -0.4 is 0 Å². The van der Waals surface area contributed by atoms with E-state index in [1.807, 2.05) is 0 Å². The maximum Gasteiger partial charge on any atom is 0.306 e. The number of esters is 1. The molecule has 5 nitrogen and oxygen atoms in total. The van der Waals surface area contributed by atoms with Crippen molar-refractivity contribution < 1.29 is 9.53 Å². The zero-order valence-electron chi connectivity index (χ0n) is 12.3. The van der Waals surface area contributed by atoms with E-state index in [1.165, 1.54) is 7.11 Å². The van der Waals surface area contributed by atoms with Crippen LogP contribution in [0.4, 0.5) is 0 Å². The largest absolute Gasteiger partial charge is 0.469 e. The number of thioether (sulfide) groups is 1. The van der Waals surface area contributed by atoms with Crippen LogP contribution in [0, 0.1) is 5.41 Å². The van der Waals surface area contributed by atoms with Crippen LogP contribution in [0.15, 0.2) is 5.16 Å². The average Bonchev–Trinajstić information content (AvgIpc) is 3.24. The highest BCUT2D eigenvalue weighted by Gasteiger charge is 2.44. The molecule has 1 heterocycles. The molecule has 2 rings (SSSR count). The van der Waals surface area contributed by atoms with Gasteiger partial charge in [0.05, 0.1) is 24.9 Å². The van der Waals surface area contributed by atoms with Crippen LogP contribution in [0.2, 0.25) is 0 Å². The Morgan fingerprint density at radius 3 is 2.50 bits per heavy atom. The van der Waals surface area contributed by atoms with Crippen molar-refractivity contribution in [3.8, 4) is 0 Å². The van der Waals surface area contributed by atoms with E-state index in [9.17, 15) is 4.79 Å². The number of carbonyl (C=O) groups excluding carboxylic acids is 1. The molecular weight excluding hydrogens is 274 g/mol. The smallest absolute Gasteiger partial charge is 0.306 e. The highest BCUT2D eigenvalue weighted by molar-refractivity contribution is 7.99. The second kappa shape index (κ2) is 6.52. The van der Waals surface area contributed by atoms with Crippen LogP contribution in [0.3, 0.4) is 0 Å². The zero-order chi connectivity index (χ0) is 14.6. The van der Waals surface area contributed by atoms with E-state index in [1.54, 1.807) is 11.8 Å². The lowest BCUT2D eigenvalue weighted by Gasteiger charge is -2.12. The minimum atomic E-state index is -0.127. The second-order valence-corrected chi connectivity index (χ2v) is 6.18. The van der Waals surface area contributed by atoms with Gasteiger partial charge in [0.2, 0.25) is 5.16 Å². The lowest BCUT2D eigenvalue weighted by molar-refractivity contribution is -0.141. The molecule has 0 aromatic carbocycles. The monoisotopic (exact) mass is 295 g/mol. The van der Waals surface area contributed by atoms with E-state index in [0.717, 1.165) is 48.0 Å². The van der Waals surface area contributed by atoms with Gasteiger partial charge in [-0.1, -0.05) is 25.6 Å². The molecule has 1 fully saturated rings. The Morgan fingerprint density at radius 1 is 1.25 bits per heavy atom. The number of hydrogen-bond acceptors (Lipinski definition) is 6. The lowest BCUT2D eigenvalue weighted by Crippen LogP contribution is -2.13. The van der Waals surface area contributed by atoms with Crippen LogP contribution in [-0.4, -0.2) is 34.0 Å². The Labute approximate surface area is 123 Å². The summed E-state index contributed by atoms with van der Waals surface area (Å²) in [5.41, 5.74) is 2.10. The molecule has 0 aliphatic heterocycles. The predicted octanol–water partition coefficient (Wildman–Crippen LogP) is 2.43. The van der Waals surface area contributed by atoms with Crippen molar-refractivity contribution in [3.63, 3.8) is 0 Å². The summed E-state index contributed by atoms with van der Waals surface area (Å²) in [5, 5.41) is 9.13. The lowest BCUT2D eigenvalue weighted by atomic mass is 10.1. The standard InChI is InChI=1S/C14H21N3O2S/c1-4-10-11(5-2)16-17-13(15-10)20-9-14(6-7-14)8-12(18)19-3/h4-9H2,1-3H3. The maximum atomic E-state index is 11.4. The van der Waals surface area contributed by atoms with Crippen LogP contribution in [-0.2, 0) is 22.4 Å². The summed E-state index contributed by atoms with van der Waals surface area (Å²) in [6.07, 6.45) is 4.39. The first kappa shape index (κ1) is 15.2. The third kappa shape index (κ3) is 3.69. The van der Waals surface area contributed by atoms with Crippen molar-refractivity contribution in [1.82, 2.24) is 15.2 Å². The quantitative estimate of drug-likeness (QED) is 0.568. The number of aryl methyl sites for hydroxylation is 2. The Kier molecular flexibility index (Phi) is 4.96.